The van der Waals surface area contributed by atoms with Gasteiger partial charge in [-0.1, -0.05) is 81.0 Å². The molecule has 36 heavy (non-hydrogen) atoms. The van der Waals surface area contributed by atoms with Crippen molar-refractivity contribution in [1.82, 2.24) is 0 Å². The van der Waals surface area contributed by atoms with E-state index in [1.165, 1.54) is 60.7 Å². The van der Waals surface area contributed by atoms with Crippen molar-refractivity contribution < 1.29 is 27.4 Å². The predicted molar refractivity (Wildman–Crippen MR) is 140 cm³/mol. The maximum Gasteiger partial charge on any atom is 0.200 e. The van der Waals surface area contributed by atoms with Gasteiger partial charge in [0.1, 0.15) is 11.5 Å². The molecule has 0 aliphatic heterocycles. The third-order valence-electron chi connectivity index (χ3n) is 4.60. The Bertz CT molecular complexity index is 1250. The van der Waals surface area contributed by atoms with Gasteiger partial charge in [-0.15, -0.1) is 6.58 Å². The number of aromatic hydroxyl groups is 1. The quantitative estimate of drug-likeness (QED) is 0.162. The lowest BCUT2D eigenvalue weighted by atomic mass is 10.0. The number of ether oxygens (including phenoxy) is 1. The van der Waals surface area contributed by atoms with Crippen molar-refractivity contribution in [3.05, 3.63) is 145 Å². The van der Waals surface area contributed by atoms with Crippen LogP contribution in [0.2, 0.25) is 0 Å². The van der Waals surface area contributed by atoms with Gasteiger partial charge in [-0.25, -0.2) is 13.2 Å². The molecule has 2 aromatic carbocycles. The van der Waals surface area contributed by atoms with Gasteiger partial charge in [0.15, 0.2) is 17.5 Å². The zero-order valence-corrected chi connectivity index (χ0v) is 20.3. The van der Waals surface area contributed by atoms with Crippen molar-refractivity contribution in [2.75, 3.05) is 7.11 Å². The molecular weight excluding hydrogens is 468 g/mol. The van der Waals surface area contributed by atoms with Crippen LogP contribution >= 0.6 is 0 Å². The van der Waals surface area contributed by atoms with Crippen molar-refractivity contribution >= 4 is 6.08 Å². The third kappa shape index (κ3) is 8.17. The molecule has 2 aromatic rings. The smallest absolute Gasteiger partial charge is 0.200 e. The Hall–Kier alpha value is -4.32. The van der Waals surface area contributed by atoms with Gasteiger partial charge >= 0.3 is 0 Å². The highest BCUT2D eigenvalue weighted by atomic mass is 19.2. The number of hydrogen-bond acceptors (Lipinski definition) is 2. The summed E-state index contributed by atoms with van der Waals surface area (Å²) in [6.07, 6.45) is 7.28. The molecule has 0 aliphatic carbocycles. The molecule has 0 radical (unpaired) electrons. The minimum absolute atomic E-state index is 0.0121. The average molecular weight is 497 g/mol. The van der Waals surface area contributed by atoms with E-state index >= 15 is 0 Å². The molecule has 6 heteroatoms. The topological polar surface area (TPSA) is 29.5 Å². The summed E-state index contributed by atoms with van der Waals surface area (Å²) in [5.74, 6) is -5.10. The first-order valence-electron chi connectivity index (χ1n) is 10.5. The molecule has 0 aromatic heterocycles. The normalized spacial score (nSPS) is 11.4. The molecule has 0 atom stereocenters. The van der Waals surface area contributed by atoms with Crippen LogP contribution in [0, 0.1) is 11.6 Å². The standard InChI is InChI=1S/C27H22F4O2.C3H6/c1-16(6-8-17(2)18(3)24(28)25(29)19(4)33-5)7-9-21-12-15-23(27(31)26(21)30)20-10-13-22(32)14-11-20;1-3-2/h6-15,32H,1-4H2,5H3;3H,1H2,2H3/b8-6-,9-7+,25-24-;. The van der Waals surface area contributed by atoms with E-state index in [4.69, 9.17) is 0 Å². The summed E-state index contributed by atoms with van der Waals surface area (Å²) >= 11 is 0. The summed E-state index contributed by atoms with van der Waals surface area (Å²) in [5, 5.41) is 9.34. The molecule has 0 aliphatic rings. The zero-order chi connectivity index (χ0) is 27.4. The number of allylic oxidation sites excluding steroid dienone is 9. The first kappa shape index (κ1) is 29.7. The van der Waals surface area contributed by atoms with Gasteiger partial charge in [0, 0.05) is 16.7 Å². The second-order valence-electron chi connectivity index (χ2n) is 7.29. The number of phenols is 1. The third-order valence-corrected chi connectivity index (χ3v) is 4.60. The highest BCUT2D eigenvalue weighted by Crippen LogP contribution is 2.29. The zero-order valence-electron chi connectivity index (χ0n) is 20.3. The van der Waals surface area contributed by atoms with E-state index in [0.29, 0.717) is 11.1 Å². The lowest BCUT2D eigenvalue weighted by molar-refractivity contribution is 0.281. The van der Waals surface area contributed by atoms with E-state index in [2.05, 4.69) is 37.6 Å². The molecule has 0 amide bonds. The predicted octanol–water partition coefficient (Wildman–Crippen LogP) is 9.08. The summed E-state index contributed by atoms with van der Waals surface area (Å²) < 4.78 is 61.4. The highest BCUT2D eigenvalue weighted by Gasteiger charge is 2.15. The maximum absolute atomic E-state index is 14.5. The van der Waals surface area contributed by atoms with Crippen molar-refractivity contribution in [3.63, 3.8) is 0 Å². The fourth-order valence-corrected chi connectivity index (χ4v) is 2.60. The van der Waals surface area contributed by atoms with Crippen molar-refractivity contribution in [2.45, 2.75) is 6.92 Å². The van der Waals surface area contributed by atoms with Gasteiger partial charge in [-0.3, -0.25) is 0 Å². The number of rotatable bonds is 9. The van der Waals surface area contributed by atoms with Crippen LogP contribution in [0.5, 0.6) is 5.75 Å². The van der Waals surface area contributed by atoms with E-state index in [1.807, 2.05) is 6.92 Å². The molecule has 0 heterocycles. The molecule has 188 valence electrons. The molecule has 0 saturated carbocycles. The molecule has 0 saturated heterocycles. The fourth-order valence-electron chi connectivity index (χ4n) is 2.60. The molecule has 2 rings (SSSR count). The van der Waals surface area contributed by atoms with Crippen molar-refractivity contribution in [3.8, 4) is 16.9 Å². The Morgan fingerprint density at radius 3 is 2.00 bits per heavy atom. The van der Waals surface area contributed by atoms with Crippen LogP contribution in [0.1, 0.15) is 12.5 Å². The van der Waals surface area contributed by atoms with Crippen LogP contribution in [0.25, 0.3) is 17.2 Å². The van der Waals surface area contributed by atoms with E-state index in [0.717, 1.165) is 7.11 Å². The first-order valence-corrected chi connectivity index (χ1v) is 10.5. The van der Waals surface area contributed by atoms with Gasteiger partial charge in [0.25, 0.3) is 0 Å². The van der Waals surface area contributed by atoms with E-state index in [1.54, 1.807) is 6.08 Å². The summed E-state index contributed by atoms with van der Waals surface area (Å²) in [4.78, 5) is 0. The van der Waals surface area contributed by atoms with E-state index < -0.39 is 29.0 Å². The van der Waals surface area contributed by atoms with Crippen molar-refractivity contribution in [2.24, 2.45) is 0 Å². The monoisotopic (exact) mass is 496 g/mol. The minimum Gasteiger partial charge on any atom is -0.508 e. The first-order chi connectivity index (χ1) is 17.0. The van der Waals surface area contributed by atoms with Crippen LogP contribution in [0.3, 0.4) is 0 Å². The molecular formula is C30H28F4O2. The van der Waals surface area contributed by atoms with Crippen LogP contribution < -0.4 is 0 Å². The summed E-state index contributed by atoms with van der Waals surface area (Å²) in [6, 6.07) is 8.54. The lowest BCUT2D eigenvalue weighted by Crippen LogP contribution is -1.93. The highest BCUT2D eigenvalue weighted by molar-refractivity contribution is 5.68. The Balaban J connectivity index is 0.00000205. The molecule has 0 bridgehead atoms. The minimum atomic E-state index is -1.29. The Kier molecular flexibility index (Phi) is 11.7. The number of phenolic OH excluding ortho intramolecular Hbond substituents is 1. The van der Waals surface area contributed by atoms with Gasteiger partial charge in [-0.05, 0) is 35.8 Å². The Morgan fingerprint density at radius 1 is 0.861 bits per heavy atom. The Morgan fingerprint density at radius 2 is 1.44 bits per heavy atom. The van der Waals surface area contributed by atoms with Gasteiger partial charge in [0.05, 0.1) is 7.11 Å². The van der Waals surface area contributed by atoms with Crippen LogP contribution in [0.15, 0.2) is 128 Å². The van der Waals surface area contributed by atoms with Crippen LogP contribution in [0.4, 0.5) is 17.6 Å². The van der Waals surface area contributed by atoms with E-state index in [-0.39, 0.29) is 28.0 Å². The maximum atomic E-state index is 14.5. The molecule has 0 spiro atoms. The number of benzene rings is 2. The fraction of sp³-hybridized carbons (Fsp3) is 0.0667. The second kappa shape index (κ2) is 14.2. The number of halogens is 4. The molecule has 1 N–H and O–H groups in total. The van der Waals surface area contributed by atoms with Crippen LogP contribution in [-0.2, 0) is 4.74 Å². The molecule has 0 fully saturated rings. The van der Waals surface area contributed by atoms with Gasteiger partial charge in [0.2, 0.25) is 5.83 Å². The van der Waals surface area contributed by atoms with Crippen molar-refractivity contribution in [1.29, 1.82) is 0 Å². The average Bonchev–Trinajstić information content (AvgIpc) is 2.87. The largest absolute Gasteiger partial charge is 0.508 e. The summed E-state index contributed by atoms with van der Waals surface area (Å²) in [6.45, 7) is 19.3. The van der Waals surface area contributed by atoms with Gasteiger partial charge < -0.3 is 9.84 Å². The summed E-state index contributed by atoms with van der Waals surface area (Å²) in [5.41, 5.74) is 0.571. The molecule has 0 unspecified atom stereocenters. The Labute approximate surface area is 209 Å². The molecule has 2 nitrogen and oxygen atoms in total. The SMILES string of the molecule is C=C(/C=C\C(=C)C(=C)/C(F)=C(/F)C(=C)OC)/C=C/c1ccc(-c2ccc(O)cc2)c(F)c1F.C=CC. The lowest BCUT2D eigenvalue weighted by Gasteiger charge is -2.07. The van der Waals surface area contributed by atoms with Crippen LogP contribution in [-0.4, -0.2) is 12.2 Å². The van der Waals surface area contributed by atoms with E-state index in [9.17, 15) is 22.7 Å². The second-order valence-corrected chi connectivity index (χ2v) is 7.29. The van der Waals surface area contributed by atoms with Gasteiger partial charge in [-0.2, -0.15) is 4.39 Å². The number of methoxy groups -OCH3 is 1. The summed E-state index contributed by atoms with van der Waals surface area (Å²) in [7, 11) is 1.15. The number of hydrogen-bond donors (Lipinski definition) is 1.